The van der Waals surface area contributed by atoms with Crippen LogP contribution in [-0.2, 0) is 0 Å². The van der Waals surface area contributed by atoms with Crippen LogP contribution < -0.4 is 5.32 Å². The van der Waals surface area contributed by atoms with E-state index in [0.717, 1.165) is 4.34 Å². The average molecular weight is 262 g/mol. The molecule has 0 aliphatic carbocycles. The molecule has 1 nitrogen and oxygen atoms in total. The highest BCUT2D eigenvalue weighted by atomic mass is 35.5. The maximum absolute atomic E-state index is 5.93. The van der Waals surface area contributed by atoms with Crippen LogP contribution in [0.4, 0.5) is 0 Å². The second kappa shape index (κ2) is 5.58. The summed E-state index contributed by atoms with van der Waals surface area (Å²) < 4.78 is 0.887. The second-order valence-electron chi connectivity index (χ2n) is 3.96. The lowest BCUT2D eigenvalue weighted by Gasteiger charge is -2.26. The monoisotopic (exact) mass is 261 g/mol. The van der Waals surface area contributed by atoms with Gasteiger partial charge in [0.1, 0.15) is 0 Å². The largest absolute Gasteiger partial charge is 0.307 e. The minimum atomic E-state index is 0.432. The first kappa shape index (κ1) is 11.8. The van der Waals surface area contributed by atoms with Gasteiger partial charge >= 0.3 is 0 Å². The predicted molar refractivity (Wildman–Crippen MR) is 71.2 cm³/mol. The van der Waals surface area contributed by atoms with E-state index in [0.29, 0.717) is 12.1 Å². The Balaban J connectivity index is 1.88. The van der Waals surface area contributed by atoms with Crippen molar-refractivity contribution in [2.75, 3.05) is 11.5 Å². The molecule has 0 amide bonds. The van der Waals surface area contributed by atoms with Crippen LogP contribution in [0.25, 0.3) is 0 Å². The van der Waals surface area contributed by atoms with Crippen LogP contribution in [0.5, 0.6) is 0 Å². The molecular formula is C11H16ClNS2. The summed E-state index contributed by atoms with van der Waals surface area (Å²) in [4.78, 5) is 0. The lowest BCUT2D eigenvalue weighted by molar-refractivity contribution is 0.432. The highest BCUT2D eigenvalue weighted by Gasteiger charge is 2.16. The van der Waals surface area contributed by atoms with Gasteiger partial charge in [0, 0.05) is 12.1 Å². The van der Waals surface area contributed by atoms with Gasteiger partial charge in [0.2, 0.25) is 0 Å². The first-order valence-corrected chi connectivity index (χ1v) is 7.74. The summed E-state index contributed by atoms with van der Waals surface area (Å²) in [5.74, 6) is 2.60. The summed E-state index contributed by atoms with van der Waals surface area (Å²) in [5, 5.41) is 5.83. The van der Waals surface area contributed by atoms with Crippen molar-refractivity contribution in [1.82, 2.24) is 5.32 Å². The third kappa shape index (κ3) is 3.38. The van der Waals surface area contributed by atoms with Crippen LogP contribution in [0.2, 0.25) is 4.34 Å². The van der Waals surface area contributed by atoms with E-state index in [4.69, 9.17) is 11.6 Å². The SMILES string of the molecule is CC(NC1CCSCC1)c1csc(Cl)c1. The summed E-state index contributed by atoms with van der Waals surface area (Å²) in [6.07, 6.45) is 2.60. The van der Waals surface area contributed by atoms with Crippen molar-refractivity contribution in [3.63, 3.8) is 0 Å². The Morgan fingerprint density at radius 3 is 2.80 bits per heavy atom. The molecule has 4 heteroatoms. The number of halogens is 1. The molecule has 0 aromatic carbocycles. The predicted octanol–water partition coefficient (Wildman–Crippen LogP) is 3.95. The van der Waals surface area contributed by atoms with Crippen molar-refractivity contribution >= 4 is 34.7 Å². The quantitative estimate of drug-likeness (QED) is 0.884. The van der Waals surface area contributed by atoms with E-state index < -0.39 is 0 Å². The molecule has 0 bridgehead atoms. The smallest absolute Gasteiger partial charge is 0.0931 e. The second-order valence-corrected chi connectivity index (χ2v) is 6.73. The summed E-state index contributed by atoms with van der Waals surface area (Å²) in [6.45, 7) is 2.22. The summed E-state index contributed by atoms with van der Waals surface area (Å²) in [7, 11) is 0. The number of thiophene rings is 1. The summed E-state index contributed by atoms with van der Waals surface area (Å²) in [5.41, 5.74) is 1.32. The van der Waals surface area contributed by atoms with Gasteiger partial charge in [-0.2, -0.15) is 11.8 Å². The Hall–Kier alpha value is 0.300. The third-order valence-corrected chi connectivity index (χ3v) is 4.95. The molecule has 2 rings (SSSR count). The molecule has 0 saturated carbocycles. The summed E-state index contributed by atoms with van der Waals surface area (Å²) >= 11 is 9.62. The normalized spacial score (nSPS) is 20.4. The Morgan fingerprint density at radius 2 is 2.20 bits per heavy atom. The van der Waals surface area contributed by atoms with Gasteiger partial charge in [0.15, 0.2) is 0 Å². The number of nitrogens with one attached hydrogen (secondary N) is 1. The zero-order valence-electron chi connectivity index (χ0n) is 8.83. The van der Waals surface area contributed by atoms with Crippen LogP contribution in [0.3, 0.4) is 0 Å². The Bertz CT molecular complexity index is 307. The van der Waals surface area contributed by atoms with Crippen LogP contribution in [0.1, 0.15) is 31.4 Å². The molecule has 15 heavy (non-hydrogen) atoms. The van der Waals surface area contributed by atoms with Crippen molar-refractivity contribution in [3.05, 3.63) is 21.3 Å². The van der Waals surface area contributed by atoms with Gasteiger partial charge in [-0.05, 0) is 48.3 Å². The molecule has 0 spiro atoms. The maximum Gasteiger partial charge on any atom is 0.0931 e. The molecule has 1 aromatic rings. The molecule has 1 aromatic heterocycles. The molecule has 1 fully saturated rings. The minimum absolute atomic E-state index is 0.432. The number of rotatable bonds is 3. The van der Waals surface area contributed by atoms with Gasteiger partial charge in [0.05, 0.1) is 4.34 Å². The molecule has 1 atom stereocenters. The highest BCUT2D eigenvalue weighted by Crippen LogP contribution is 2.26. The van der Waals surface area contributed by atoms with Gasteiger partial charge in [-0.3, -0.25) is 0 Å². The van der Waals surface area contributed by atoms with Gasteiger partial charge in [-0.25, -0.2) is 0 Å². The molecule has 1 saturated heterocycles. The zero-order valence-corrected chi connectivity index (χ0v) is 11.2. The van der Waals surface area contributed by atoms with E-state index in [9.17, 15) is 0 Å². The molecule has 1 unspecified atom stereocenters. The molecule has 0 radical (unpaired) electrons. The van der Waals surface area contributed by atoms with Crippen LogP contribution in [0.15, 0.2) is 11.4 Å². The molecule has 1 aliphatic heterocycles. The van der Waals surface area contributed by atoms with Gasteiger partial charge in [-0.15, -0.1) is 11.3 Å². The fourth-order valence-corrected chi connectivity index (χ4v) is 3.96. The van der Waals surface area contributed by atoms with Crippen LogP contribution >= 0.6 is 34.7 Å². The molecule has 1 aliphatic rings. The number of hydrogen-bond donors (Lipinski definition) is 1. The van der Waals surface area contributed by atoms with Gasteiger partial charge in [-0.1, -0.05) is 11.6 Å². The Labute approximate surface area is 105 Å². The minimum Gasteiger partial charge on any atom is -0.307 e. The first-order chi connectivity index (χ1) is 7.25. The maximum atomic E-state index is 5.93. The van der Waals surface area contributed by atoms with Gasteiger partial charge in [0.25, 0.3) is 0 Å². The van der Waals surface area contributed by atoms with Crippen molar-refractivity contribution in [2.24, 2.45) is 0 Å². The molecule has 2 heterocycles. The first-order valence-electron chi connectivity index (χ1n) is 5.33. The lowest BCUT2D eigenvalue weighted by Crippen LogP contribution is -2.34. The number of hydrogen-bond acceptors (Lipinski definition) is 3. The van der Waals surface area contributed by atoms with Crippen LogP contribution in [-0.4, -0.2) is 17.5 Å². The molecule has 84 valence electrons. The standard InChI is InChI=1S/C11H16ClNS2/c1-8(9-6-11(12)15-7-9)13-10-2-4-14-5-3-10/h6-8,10,13H,2-5H2,1H3. The van der Waals surface area contributed by atoms with Crippen molar-refractivity contribution < 1.29 is 0 Å². The van der Waals surface area contributed by atoms with E-state index in [-0.39, 0.29) is 0 Å². The number of thioether (sulfide) groups is 1. The fraction of sp³-hybridized carbons (Fsp3) is 0.636. The van der Waals surface area contributed by atoms with Crippen molar-refractivity contribution in [3.8, 4) is 0 Å². The van der Waals surface area contributed by atoms with Gasteiger partial charge < -0.3 is 5.32 Å². The van der Waals surface area contributed by atoms with E-state index in [1.54, 1.807) is 11.3 Å². The van der Waals surface area contributed by atoms with E-state index in [1.807, 2.05) is 0 Å². The van der Waals surface area contributed by atoms with Crippen molar-refractivity contribution in [2.45, 2.75) is 31.8 Å². The lowest BCUT2D eigenvalue weighted by atomic mass is 10.1. The topological polar surface area (TPSA) is 12.0 Å². The van der Waals surface area contributed by atoms with Crippen LogP contribution in [0, 0.1) is 0 Å². The molecule has 1 N–H and O–H groups in total. The fourth-order valence-electron chi connectivity index (χ4n) is 1.86. The average Bonchev–Trinajstić information content (AvgIpc) is 2.66. The highest BCUT2D eigenvalue weighted by molar-refractivity contribution is 7.99. The Morgan fingerprint density at radius 1 is 1.47 bits per heavy atom. The third-order valence-electron chi connectivity index (χ3n) is 2.79. The van der Waals surface area contributed by atoms with E-state index >= 15 is 0 Å². The summed E-state index contributed by atoms with van der Waals surface area (Å²) in [6, 6.07) is 3.20. The van der Waals surface area contributed by atoms with E-state index in [1.165, 1.54) is 29.9 Å². The molecular weight excluding hydrogens is 246 g/mol. The Kier molecular flexibility index (Phi) is 4.38. The zero-order chi connectivity index (χ0) is 10.7. The van der Waals surface area contributed by atoms with E-state index in [2.05, 4.69) is 35.4 Å². The van der Waals surface area contributed by atoms with Crippen molar-refractivity contribution in [1.29, 1.82) is 0 Å².